The highest BCUT2D eigenvalue weighted by atomic mass is 32.2. The first-order chi connectivity index (χ1) is 18.7. The summed E-state index contributed by atoms with van der Waals surface area (Å²) in [5.74, 6) is -1.27. The summed E-state index contributed by atoms with van der Waals surface area (Å²) in [4.78, 5) is 28.0. The first-order valence-electron chi connectivity index (χ1n) is 12.7. The van der Waals surface area contributed by atoms with Gasteiger partial charge in [0.1, 0.15) is 24.2 Å². The van der Waals surface area contributed by atoms with Gasteiger partial charge in [0.2, 0.25) is 11.8 Å². The minimum absolute atomic E-state index is 0.00882. The summed E-state index contributed by atoms with van der Waals surface area (Å²) in [6.45, 7) is 3.32. The number of unbranched alkanes of at least 4 members (excludes halogenated alkanes) is 1. The molecule has 3 rings (SSSR count). The fraction of sp³-hybridized carbons (Fsp3) is 0.310. The number of hydrogen-bond acceptors (Lipinski definition) is 5. The van der Waals surface area contributed by atoms with Crippen molar-refractivity contribution >= 4 is 27.5 Å². The summed E-state index contributed by atoms with van der Waals surface area (Å²) in [5, 5.41) is 2.83. The minimum atomic E-state index is -4.33. The Balaban J connectivity index is 2.01. The van der Waals surface area contributed by atoms with Crippen LogP contribution in [-0.2, 0) is 26.2 Å². The van der Waals surface area contributed by atoms with Crippen LogP contribution in [0.3, 0.4) is 0 Å². The second-order valence-corrected chi connectivity index (χ2v) is 10.8. The molecule has 0 spiro atoms. The van der Waals surface area contributed by atoms with Crippen LogP contribution >= 0.6 is 0 Å². The summed E-state index contributed by atoms with van der Waals surface area (Å²) in [6, 6.07) is 19.0. The van der Waals surface area contributed by atoms with E-state index < -0.39 is 34.3 Å². The second kappa shape index (κ2) is 13.7. The van der Waals surface area contributed by atoms with Crippen LogP contribution in [0.25, 0.3) is 0 Å². The van der Waals surface area contributed by atoms with Crippen molar-refractivity contribution in [2.24, 2.45) is 0 Å². The van der Waals surface area contributed by atoms with Gasteiger partial charge in [-0.3, -0.25) is 13.9 Å². The Labute approximate surface area is 229 Å². The van der Waals surface area contributed by atoms with E-state index >= 15 is 0 Å². The molecule has 1 atom stereocenters. The molecule has 0 heterocycles. The Morgan fingerprint density at radius 3 is 2.36 bits per heavy atom. The normalized spacial score (nSPS) is 11.9. The van der Waals surface area contributed by atoms with E-state index in [1.54, 1.807) is 49.4 Å². The summed E-state index contributed by atoms with van der Waals surface area (Å²) in [7, 11) is -2.81. The number of hydrogen-bond donors (Lipinski definition) is 1. The van der Waals surface area contributed by atoms with E-state index in [1.807, 2.05) is 6.92 Å². The van der Waals surface area contributed by atoms with E-state index in [2.05, 4.69) is 5.32 Å². The van der Waals surface area contributed by atoms with Crippen LogP contribution in [0.4, 0.5) is 10.1 Å². The average molecular weight is 556 g/mol. The van der Waals surface area contributed by atoms with E-state index in [0.29, 0.717) is 17.9 Å². The molecule has 39 heavy (non-hydrogen) atoms. The van der Waals surface area contributed by atoms with Crippen molar-refractivity contribution in [2.45, 2.75) is 44.2 Å². The first-order valence-corrected chi connectivity index (χ1v) is 14.2. The lowest BCUT2D eigenvalue weighted by Crippen LogP contribution is -2.51. The molecule has 1 N–H and O–H groups in total. The number of carbonyl (C=O) groups excluding carboxylic acids is 2. The maximum Gasteiger partial charge on any atom is 0.264 e. The molecule has 2 amide bonds. The molecule has 0 saturated carbocycles. The molecule has 0 bridgehead atoms. The predicted octanol–water partition coefficient (Wildman–Crippen LogP) is 4.36. The highest BCUT2D eigenvalue weighted by molar-refractivity contribution is 7.92. The van der Waals surface area contributed by atoms with E-state index in [4.69, 9.17) is 4.74 Å². The number of benzene rings is 3. The summed E-state index contributed by atoms with van der Waals surface area (Å²) in [6.07, 6.45) is 1.66. The maximum atomic E-state index is 14.9. The molecule has 0 aliphatic rings. The molecule has 8 nitrogen and oxygen atoms in total. The molecule has 0 aromatic heterocycles. The minimum Gasteiger partial charge on any atom is -0.497 e. The lowest BCUT2D eigenvalue weighted by molar-refractivity contribution is -0.139. The Kier molecular flexibility index (Phi) is 10.4. The number of sulfonamides is 1. The van der Waals surface area contributed by atoms with Gasteiger partial charge in [-0.2, -0.15) is 0 Å². The number of carbonyl (C=O) groups is 2. The van der Waals surface area contributed by atoms with Crippen molar-refractivity contribution in [3.05, 3.63) is 90.2 Å². The Morgan fingerprint density at radius 2 is 1.69 bits per heavy atom. The van der Waals surface area contributed by atoms with Gasteiger partial charge >= 0.3 is 0 Å². The quantitative estimate of drug-likeness (QED) is 0.316. The molecular weight excluding hydrogens is 521 g/mol. The zero-order valence-electron chi connectivity index (χ0n) is 22.3. The van der Waals surface area contributed by atoms with E-state index in [9.17, 15) is 22.4 Å². The lowest BCUT2D eigenvalue weighted by atomic mass is 10.1. The number of nitrogens with one attached hydrogen (secondary N) is 1. The van der Waals surface area contributed by atoms with Crippen LogP contribution in [0.2, 0.25) is 0 Å². The molecule has 3 aromatic rings. The molecule has 10 heteroatoms. The molecule has 0 aliphatic carbocycles. The molecule has 0 saturated heterocycles. The maximum absolute atomic E-state index is 14.9. The summed E-state index contributed by atoms with van der Waals surface area (Å²) >= 11 is 0. The molecular formula is C29H34FN3O5S. The third-order valence-electron chi connectivity index (χ3n) is 6.22. The molecule has 208 valence electrons. The molecule has 3 aromatic carbocycles. The zero-order chi connectivity index (χ0) is 28.4. The predicted molar refractivity (Wildman–Crippen MR) is 148 cm³/mol. The van der Waals surface area contributed by atoms with E-state index in [1.165, 1.54) is 42.3 Å². The zero-order valence-corrected chi connectivity index (χ0v) is 23.2. The topological polar surface area (TPSA) is 96.0 Å². The van der Waals surface area contributed by atoms with Crippen LogP contribution in [-0.4, -0.2) is 51.4 Å². The molecule has 0 radical (unpaired) electrons. The Bertz CT molecular complexity index is 1370. The van der Waals surface area contributed by atoms with Crippen molar-refractivity contribution in [1.82, 2.24) is 10.2 Å². The van der Waals surface area contributed by atoms with Crippen molar-refractivity contribution in [3.8, 4) is 5.75 Å². The highest BCUT2D eigenvalue weighted by Crippen LogP contribution is 2.27. The van der Waals surface area contributed by atoms with Crippen LogP contribution in [0.15, 0.2) is 83.8 Å². The monoisotopic (exact) mass is 555 g/mol. The van der Waals surface area contributed by atoms with E-state index in [-0.39, 0.29) is 23.0 Å². The smallest absolute Gasteiger partial charge is 0.264 e. The van der Waals surface area contributed by atoms with Gasteiger partial charge in [0.25, 0.3) is 10.0 Å². The Morgan fingerprint density at radius 1 is 1.00 bits per heavy atom. The average Bonchev–Trinajstić information content (AvgIpc) is 2.95. The third kappa shape index (κ3) is 7.57. The SMILES string of the molecule is CCCCNC(=O)C(C)N(Cc1cccc(OC)c1)C(=O)CN(c1ccccc1F)S(=O)(=O)c1ccccc1. The molecule has 1 unspecified atom stereocenters. The fourth-order valence-corrected chi connectivity index (χ4v) is 5.42. The van der Waals surface area contributed by atoms with Gasteiger partial charge < -0.3 is 15.0 Å². The summed E-state index contributed by atoms with van der Waals surface area (Å²) < 4.78 is 48.3. The third-order valence-corrected chi connectivity index (χ3v) is 7.99. The summed E-state index contributed by atoms with van der Waals surface area (Å²) in [5.41, 5.74) is 0.412. The highest BCUT2D eigenvalue weighted by Gasteiger charge is 2.33. The van der Waals surface area contributed by atoms with Gasteiger partial charge in [-0.1, -0.05) is 55.8 Å². The first kappa shape index (κ1) is 29.6. The van der Waals surface area contributed by atoms with Gasteiger partial charge in [0.05, 0.1) is 17.7 Å². The van der Waals surface area contributed by atoms with Gasteiger partial charge in [-0.25, -0.2) is 12.8 Å². The lowest BCUT2D eigenvalue weighted by Gasteiger charge is -2.32. The number of para-hydroxylation sites is 1. The van der Waals surface area contributed by atoms with Crippen LogP contribution in [0, 0.1) is 5.82 Å². The second-order valence-electron chi connectivity index (χ2n) is 8.97. The number of anilines is 1. The van der Waals surface area contributed by atoms with Crippen LogP contribution in [0.1, 0.15) is 32.3 Å². The molecule has 0 aliphatic heterocycles. The van der Waals surface area contributed by atoms with Gasteiger partial charge in [0.15, 0.2) is 0 Å². The van der Waals surface area contributed by atoms with Crippen molar-refractivity contribution in [2.75, 3.05) is 24.5 Å². The van der Waals surface area contributed by atoms with Gasteiger partial charge in [-0.15, -0.1) is 0 Å². The van der Waals surface area contributed by atoms with Crippen molar-refractivity contribution in [3.63, 3.8) is 0 Å². The number of methoxy groups -OCH3 is 1. The van der Waals surface area contributed by atoms with Gasteiger partial charge in [-0.05, 0) is 55.3 Å². The van der Waals surface area contributed by atoms with Gasteiger partial charge in [0, 0.05) is 13.1 Å². The fourth-order valence-electron chi connectivity index (χ4n) is 3.97. The molecule has 0 fully saturated rings. The van der Waals surface area contributed by atoms with Crippen molar-refractivity contribution in [1.29, 1.82) is 0 Å². The number of amides is 2. The largest absolute Gasteiger partial charge is 0.497 e. The Hall–Kier alpha value is -3.92. The van der Waals surface area contributed by atoms with E-state index in [0.717, 1.165) is 23.2 Å². The van der Waals surface area contributed by atoms with Crippen LogP contribution in [0.5, 0.6) is 5.75 Å². The number of halogens is 1. The number of rotatable bonds is 13. The number of nitrogens with zero attached hydrogens (tertiary/aromatic N) is 2. The van der Waals surface area contributed by atoms with Crippen molar-refractivity contribution < 1.29 is 27.1 Å². The van der Waals surface area contributed by atoms with Crippen LogP contribution < -0.4 is 14.4 Å². The number of ether oxygens (including phenoxy) is 1. The standard InChI is InChI=1S/C29H34FN3O5S/c1-4-5-18-31-29(35)22(2)32(20-23-12-11-13-24(19-23)38-3)28(34)21-33(27-17-10-9-16-26(27)30)39(36,37)25-14-7-6-8-15-25/h6-17,19,22H,4-5,18,20-21H2,1-3H3,(H,31,35).